The van der Waals surface area contributed by atoms with E-state index in [1.54, 1.807) is 13.8 Å². The van der Waals surface area contributed by atoms with Gasteiger partial charge >= 0.3 is 0 Å². The molecule has 0 saturated heterocycles. The molecule has 318 valence electrons. The van der Waals surface area contributed by atoms with Crippen molar-refractivity contribution in [2.45, 2.75) is 143 Å². The van der Waals surface area contributed by atoms with Gasteiger partial charge in [-0.05, 0) is 141 Å². The molecular weight excluding hydrogens is 767 g/mol. The number of aryl methyl sites for hydroxylation is 3. The smallest absolute Gasteiger partial charge is 0.218 e. The van der Waals surface area contributed by atoms with E-state index < -0.39 is 31.8 Å². The summed E-state index contributed by atoms with van der Waals surface area (Å²) < 4.78 is 54.3. The Morgan fingerprint density at radius 1 is 0.842 bits per heavy atom. The Bertz CT molecular complexity index is 1830. The third-order valence-corrected chi connectivity index (χ3v) is 16.1. The maximum atomic E-state index is 14.1. The summed E-state index contributed by atoms with van der Waals surface area (Å²) in [7, 11) is -6.33. The molecule has 1 unspecified atom stereocenters. The molecule has 0 heterocycles. The van der Waals surface area contributed by atoms with E-state index in [2.05, 4.69) is 109 Å². The van der Waals surface area contributed by atoms with Crippen LogP contribution in [0.3, 0.4) is 0 Å². The lowest BCUT2D eigenvalue weighted by atomic mass is 9.90. The highest BCUT2D eigenvalue weighted by Crippen LogP contribution is 2.43. The number of benzene rings is 3. The van der Waals surface area contributed by atoms with Crippen LogP contribution in [0.15, 0.2) is 48.5 Å². The quantitative estimate of drug-likeness (QED) is 0.0577. The molecule has 0 saturated carbocycles. The third-order valence-electron chi connectivity index (χ3n) is 10.8. The predicted octanol–water partition coefficient (Wildman–Crippen LogP) is 11.0. The highest BCUT2D eigenvalue weighted by Gasteiger charge is 2.31. The van der Waals surface area contributed by atoms with Gasteiger partial charge < -0.3 is 24.1 Å². The second-order valence-electron chi connectivity index (χ2n) is 19.3. The highest BCUT2D eigenvalue weighted by atomic mass is 32.2. The van der Waals surface area contributed by atoms with Crippen LogP contribution in [-0.4, -0.2) is 78.6 Å². The van der Waals surface area contributed by atoms with Crippen molar-refractivity contribution in [1.82, 2.24) is 4.31 Å². The summed E-state index contributed by atoms with van der Waals surface area (Å²) >= 11 is 0. The molecule has 0 aliphatic heterocycles. The summed E-state index contributed by atoms with van der Waals surface area (Å²) in [5.74, 6) is 1.46. The fraction of sp³-hybridized carbons (Fsp3) is 0.609. The van der Waals surface area contributed by atoms with Gasteiger partial charge in [-0.2, -0.15) is 4.31 Å². The molecule has 4 rings (SSSR count). The Kier molecular flexibility index (Phi) is 16.7. The fourth-order valence-corrected chi connectivity index (χ4v) is 10.5. The lowest BCUT2D eigenvalue weighted by Crippen LogP contribution is -2.39. The van der Waals surface area contributed by atoms with Crippen molar-refractivity contribution in [1.29, 1.82) is 0 Å². The number of hydrogen-bond donors (Lipinski definition) is 1. The molecule has 3 aromatic carbocycles. The van der Waals surface area contributed by atoms with Crippen LogP contribution in [0.1, 0.15) is 91.9 Å². The molecule has 0 spiro atoms. The topological polar surface area (TPSA) is 94.5 Å². The molecule has 3 aromatic rings. The van der Waals surface area contributed by atoms with Gasteiger partial charge in [0.15, 0.2) is 0 Å². The second-order valence-corrected chi connectivity index (χ2v) is 32.5. The van der Waals surface area contributed by atoms with Crippen LogP contribution >= 0.6 is 0 Å². The number of ether oxygens (including phenoxy) is 4. The Balaban J connectivity index is 1.49. The van der Waals surface area contributed by atoms with Crippen LogP contribution < -0.4 is 9.47 Å². The van der Waals surface area contributed by atoms with Crippen LogP contribution in [0.25, 0.3) is 11.1 Å². The first-order valence-electron chi connectivity index (χ1n) is 21.1. The Morgan fingerprint density at radius 2 is 1.44 bits per heavy atom. The number of fused-ring (bicyclic) bond motifs is 1. The van der Waals surface area contributed by atoms with E-state index in [9.17, 15) is 13.5 Å². The van der Waals surface area contributed by atoms with E-state index in [-0.39, 0.29) is 31.2 Å². The summed E-state index contributed by atoms with van der Waals surface area (Å²) in [5, 5.41) is 10.1. The van der Waals surface area contributed by atoms with Crippen molar-refractivity contribution < 1.29 is 32.5 Å². The predicted molar refractivity (Wildman–Crippen MR) is 242 cm³/mol. The molecule has 1 aliphatic rings. The summed E-state index contributed by atoms with van der Waals surface area (Å²) in [4.78, 5) is 0. The van der Waals surface area contributed by atoms with Gasteiger partial charge in [0.05, 0.1) is 18.0 Å². The number of aliphatic hydroxyl groups is 1. The first-order valence-corrected chi connectivity index (χ1v) is 30.1. The van der Waals surface area contributed by atoms with Gasteiger partial charge in [0.1, 0.15) is 31.1 Å². The molecule has 0 fully saturated rings. The normalized spacial score (nSPS) is 15.6. The van der Waals surface area contributed by atoms with Crippen molar-refractivity contribution in [3.63, 3.8) is 0 Å². The molecule has 0 radical (unpaired) electrons. The molecule has 11 heteroatoms. The van der Waals surface area contributed by atoms with Crippen LogP contribution in [0, 0.1) is 20.8 Å². The van der Waals surface area contributed by atoms with Gasteiger partial charge in [0.25, 0.3) is 0 Å². The number of rotatable bonds is 23. The summed E-state index contributed by atoms with van der Waals surface area (Å²) in [6.07, 6.45) is 3.93. The Labute approximate surface area is 347 Å². The molecular formula is C46H73NO7SSi2. The van der Waals surface area contributed by atoms with Crippen LogP contribution in [-0.2, 0) is 25.9 Å². The van der Waals surface area contributed by atoms with Gasteiger partial charge in [-0.15, -0.1) is 0 Å². The largest absolute Gasteiger partial charge is 0.493 e. The standard InChI is InChI=1S/C46H73NO7SSi2/c1-13-15-37(31-55(49,50)47(32-51-24-26-56(7,8)9)33-52-25-27-57(10,11)12)40-19-18-38(28-34(40)2)54-44-21-20-41-42(44)16-14-17-43(41)45-35(3)29-39(30-36(45)4)53-23-22-46(5,6)48/h14,16-19,28-30,37,44,48H,13,15,20-27,31-33H2,1-12H3/t37?,44-/m1/s1. The average Bonchev–Trinajstić information content (AvgIpc) is 3.48. The van der Waals surface area contributed by atoms with Crippen LogP contribution in [0.5, 0.6) is 11.5 Å². The van der Waals surface area contributed by atoms with Crippen molar-refractivity contribution in [2.75, 3.05) is 39.0 Å². The molecule has 57 heavy (non-hydrogen) atoms. The minimum Gasteiger partial charge on any atom is -0.493 e. The van der Waals surface area contributed by atoms with Crippen molar-refractivity contribution in [2.24, 2.45) is 0 Å². The number of nitrogens with zero attached hydrogens (tertiary/aromatic N) is 1. The Morgan fingerprint density at radius 3 is 1.98 bits per heavy atom. The van der Waals surface area contributed by atoms with E-state index in [0.717, 1.165) is 71.5 Å². The monoisotopic (exact) mass is 839 g/mol. The van der Waals surface area contributed by atoms with E-state index in [1.165, 1.54) is 26.6 Å². The van der Waals surface area contributed by atoms with E-state index >= 15 is 0 Å². The zero-order valence-corrected chi connectivity index (χ0v) is 40.0. The van der Waals surface area contributed by atoms with Gasteiger partial charge in [0.2, 0.25) is 10.0 Å². The van der Waals surface area contributed by atoms with Crippen LogP contribution in [0.2, 0.25) is 51.4 Å². The van der Waals surface area contributed by atoms with Gasteiger partial charge in [-0.1, -0.05) is 76.9 Å². The molecule has 1 N–H and O–H groups in total. The first-order chi connectivity index (χ1) is 26.6. The minimum atomic E-state index is -3.69. The van der Waals surface area contributed by atoms with Crippen molar-refractivity contribution in [3.05, 3.63) is 81.9 Å². The van der Waals surface area contributed by atoms with Crippen LogP contribution in [0.4, 0.5) is 0 Å². The van der Waals surface area contributed by atoms with E-state index in [4.69, 9.17) is 18.9 Å². The maximum absolute atomic E-state index is 14.1. The lowest BCUT2D eigenvalue weighted by molar-refractivity contribution is 0.00809. The maximum Gasteiger partial charge on any atom is 0.218 e. The van der Waals surface area contributed by atoms with E-state index in [0.29, 0.717) is 26.2 Å². The minimum absolute atomic E-state index is 0.00218. The van der Waals surface area contributed by atoms with Gasteiger partial charge in [0, 0.05) is 35.8 Å². The number of hydrogen-bond acceptors (Lipinski definition) is 7. The summed E-state index contributed by atoms with van der Waals surface area (Å²) in [5.41, 5.74) is 8.64. The zero-order valence-electron chi connectivity index (χ0n) is 37.2. The molecule has 0 amide bonds. The van der Waals surface area contributed by atoms with Gasteiger partial charge in [-0.25, -0.2) is 8.42 Å². The van der Waals surface area contributed by atoms with E-state index in [1.807, 2.05) is 6.07 Å². The third kappa shape index (κ3) is 14.6. The molecule has 1 aliphatic carbocycles. The Hall–Kier alpha value is -2.52. The van der Waals surface area contributed by atoms with Crippen molar-refractivity contribution in [3.8, 4) is 22.6 Å². The van der Waals surface area contributed by atoms with Crippen molar-refractivity contribution >= 4 is 26.2 Å². The SMILES string of the molecule is CCCC(CS(=O)(=O)N(COCC[Si](C)(C)C)COCC[Si](C)(C)C)c1ccc(O[C@@H]2CCc3c(-c4c(C)cc(OCCC(C)(C)O)cc4C)cccc32)cc1C. The highest BCUT2D eigenvalue weighted by molar-refractivity contribution is 7.89. The first kappa shape index (κ1) is 47.2. The second kappa shape index (κ2) is 20.2. The number of sulfonamides is 1. The van der Waals surface area contributed by atoms with Gasteiger partial charge in [-0.3, -0.25) is 0 Å². The molecule has 0 aromatic heterocycles. The zero-order chi connectivity index (χ0) is 42.2. The fourth-order valence-electron chi connectivity index (χ4n) is 7.49. The summed E-state index contributed by atoms with van der Waals surface area (Å²) in [6.45, 7) is 27.4. The molecule has 2 atom stereocenters. The summed E-state index contributed by atoms with van der Waals surface area (Å²) in [6, 6.07) is 18.9. The average molecular weight is 840 g/mol. The molecule has 8 nitrogen and oxygen atoms in total. The molecule has 0 bridgehead atoms. The lowest BCUT2D eigenvalue weighted by Gasteiger charge is -2.27.